The molecule has 200 valence electrons. The summed E-state index contributed by atoms with van der Waals surface area (Å²) in [6.07, 6.45) is 4.46. The Balaban J connectivity index is 1.43. The lowest BCUT2D eigenvalue weighted by atomic mass is 9.69. The molecule has 2 fully saturated rings. The maximum absolute atomic E-state index is 12.7. The quantitative estimate of drug-likeness (QED) is 0.475. The van der Waals surface area contributed by atoms with E-state index in [1.165, 1.54) is 6.20 Å². The molecule has 0 bridgehead atoms. The fourth-order valence-electron chi connectivity index (χ4n) is 5.48. The molecule has 3 aromatic heterocycles. The second-order valence-electron chi connectivity index (χ2n) is 9.80. The van der Waals surface area contributed by atoms with Gasteiger partial charge >= 0.3 is 6.36 Å². The van der Waals surface area contributed by atoms with Crippen molar-refractivity contribution < 1.29 is 22.7 Å². The molecule has 1 saturated heterocycles. The Morgan fingerprint density at radius 3 is 2.68 bits per heavy atom. The number of pyridine rings is 2. The van der Waals surface area contributed by atoms with E-state index in [4.69, 9.17) is 4.98 Å². The van der Waals surface area contributed by atoms with Crippen LogP contribution in [0, 0.1) is 11.3 Å². The molecule has 3 aromatic rings. The van der Waals surface area contributed by atoms with Crippen LogP contribution in [0.2, 0.25) is 0 Å². The van der Waals surface area contributed by atoms with Gasteiger partial charge in [0.15, 0.2) is 5.82 Å². The van der Waals surface area contributed by atoms with Crippen LogP contribution in [0.25, 0.3) is 11.4 Å². The highest BCUT2D eigenvalue weighted by Crippen LogP contribution is 2.47. The number of halogens is 3. The number of rotatable bonds is 6. The molecule has 1 spiro atoms. The average Bonchev–Trinajstić information content (AvgIpc) is 3.30. The van der Waals surface area contributed by atoms with Crippen LogP contribution in [0.3, 0.4) is 0 Å². The van der Waals surface area contributed by atoms with E-state index in [9.17, 15) is 18.0 Å². The highest BCUT2D eigenvalue weighted by Gasteiger charge is 2.44. The van der Waals surface area contributed by atoms with E-state index in [1.807, 2.05) is 0 Å². The van der Waals surface area contributed by atoms with Gasteiger partial charge in [0.1, 0.15) is 23.2 Å². The topological polar surface area (TPSA) is 105 Å². The summed E-state index contributed by atoms with van der Waals surface area (Å²) in [5, 5.41) is 5.79. The van der Waals surface area contributed by atoms with E-state index in [0.29, 0.717) is 17.5 Å². The monoisotopic (exact) mass is 527 g/mol. The van der Waals surface area contributed by atoms with Crippen LogP contribution in [-0.4, -0.2) is 52.3 Å². The minimum Gasteiger partial charge on any atom is -0.406 e. The standard InChI is InChI=1S/C26H28F3N7O2/c1-30-24(37)18-3-2-7-25(15-18)8-12-36(16-25)22-14-21(34-23(35-22)17-4-9-31-10-5-17)33-20-13-19(6-11-32-20)38-26(27,28)29/h4-6,9-11,13-14,18H,2-3,7-8,12,15-16H2,1H3,(H,30,37)(H,32,33,34,35). The summed E-state index contributed by atoms with van der Waals surface area (Å²) in [5.74, 6) is 1.39. The number of hydrogen-bond donors (Lipinski definition) is 2. The Morgan fingerprint density at radius 1 is 1.11 bits per heavy atom. The molecular formula is C26H28F3N7O2. The largest absolute Gasteiger partial charge is 0.573 e. The highest BCUT2D eigenvalue weighted by molar-refractivity contribution is 5.78. The number of carbonyl (C=O) groups is 1. The highest BCUT2D eigenvalue weighted by atomic mass is 19.4. The number of nitrogens with zero attached hydrogens (tertiary/aromatic N) is 5. The van der Waals surface area contributed by atoms with Crippen molar-refractivity contribution in [3.8, 4) is 17.1 Å². The Labute approximate surface area is 217 Å². The first-order valence-corrected chi connectivity index (χ1v) is 12.5. The second-order valence-corrected chi connectivity index (χ2v) is 9.80. The van der Waals surface area contributed by atoms with E-state index in [1.54, 1.807) is 37.6 Å². The Morgan fingerprint density at radius 2 is 1.92 bits per heavy atom. The molecule has 1 saturated carbocycles. The average molecular weight is 528 g/mol. The Hall–Kier alpha value is -3.96. The predicted octanol–water partition coefficient (Wildman–Crippen LogP) is 4.71. The third-order valence-corrected chi connectivity index (χ3v) is 7.19. The molecule has 2 atom stereocenters. The van der Waals surface area contributed by atoms with Crippen LogP contribution in [-0.2, 0) is 4.79 Å². The lowest BCUT2D eigenvalue weighted by Crippen LogP contribution is -2.38. The van der Waals surface area contributed by atoms with Crippen molar-refractivity contribution in [1.82, 2.24) is 25.3 Å². The summed E-state index contributed by atoms with van der Waals surface area (Å²) in [6, 6.07) is 7.64. The van der Waals surface area contributed by atoms with Crippen molar-refractivity contribution >= 4 is 23.4 Å². The van der Waals surface area contributed by atoms with Gasteiger partial charge in [-0.05, 0) is 49.3 Å². The first kappa shape index (κ1) is 25.7. The first-order valence-electron chi connectivity index (χ1n) is 12.5. The predicted molar refractivity (Wildman–Crippen MR) is 135 cm³/mol. The second kappa shape index (κ2) is 10.4. The normalized spacial score (nSPS) is 21.4. The van der Waals surface area contributed by atoms with Crippen molar-refractivity contribution in [2.24, 2.45) is 11.3 Å². The van der Waals surface area contributed by atoms with Gasteiger partial charge < -0.3 is 20.3 Å². The molecule has 12 heteroatoms. The van der Waals surface area contributed by atoms with Gasteiger partial charge in [0.25, 0.3) is 0 Å². The zero-order chi connectivity index (χ0) is 26.8. The fourth-order valence-corrected chi connectivity index (χ4v) is 5.48. The summed E-state index contributed by atoms with van der Waals surface area (Å²) in [4.78, 5) is 32.1. The van der Waals surface area contributed by atoms with E-state index in [-0.39, 0.29) is 28.8 Å². The summed E-state index contributed by atoms with van der Waals surface area (Å²) in [5.41, 5.74) is 0.786. The summed E-state index contributed by atoms with van der Waals surface area (Å²) >= 11 is 0. The SMILES string of the molecule is CNC(=O)C1CCCC2(CCN(c3cc(Nc4cc(OC(F)(F)F)ccn4)nc(-c4ccncc4)n3)C2)C1. The van der Waals surface area contributed by atoms with Crippen molar-refractivity contribution in [3.63, 3.8) is 0 Å². The van der Waals surface area contributed by atoms with Gasteiger partial charge in [-0.3, -0.25) is 9.78 Å². The molecule has 2 aliphatic rings. The summed E-state index contributed by atoms with van der Waals surface area (Å²) in [6.45, 7) is 1.54. The van der Waals surface area contributed by atoms with Crippen molar-refractivity contribution in [2.75, 3.05) is 30.4 Å². The number of ether oxygens (including phenoxy) is 1. The molecule has 0 radical (unpaired) electrons. The minimum atomic E-state index is -4.81. The molecule has 1 amide bonds. The lowest BCUT2D eigenvalue weighted by molar-refractivity contribution is -0.274. The summed E-state index contributed by atoms with van der Waals surface area (Å²) in [7, 11) is 1.68. The van der Waals surface area contributed by atoms with Crippen molar-refractivity contribution in [3.05, 3.63) is 48.9 Å². The van der Waals surface area contributed by atoms with Crippen molar-refractivity contribution in [2.45, 2.75) is 38.5 Å². The van der Waals surface area contributed by atoms with Gasteiger partial charge in [0, 0.05) is 62.3 Å². The van der Waals surface area contributed by atoms with Crippen LogP contribution in [0.15, 0.2) is 48.9 Å². The number of aromatic nitrogens is 4. The van der Waals surface area contributed by atoms with Gasteiger partial charge in [-0.25, -0.2) is 15.0 Å². The molecule has 9 nitrogen and oxygen atoms in total. The molecule has 1 aliphatic carbocycles. The van der Waals surface area contributed by atoms with Gasteiger partial charge in [-0.15, -0.1) is 13.2 Å². The third kappa shape index (κ3) is 5.95. The Bertz CT molecular complexity index is 1290. The number of amides is 1. The molecule has 2 unspecified atom stereocenters. The van der Waals surface area contributed by atoms with Crippen LogP contribution in [0.5, 0.6) is 5.75 Å². The number of alkyl halides is 3. The molecule has 38 heavy (non-hydrogen) atoms. The van der Waals surface area contributed by atoms with E-state index in [0.717, 1.165) is 62.9 Å². The number of anilines is 3. The third-order valence-electron chi connectivity index (χ3n) is 7.19. The van der Waals surface area contributed by atoms with Gasteiger partial charge in [0.05, 0.1) is 0 Å². The van der Waals surface area contributed by atoms with Gasteiger partial charge in [0.2, 0.25) is 5.91 Å². The maximum atomic E-state index is 12.7. The Kier molecular flexibility index (Phi) is 7.04. The van der Waals surface area contributed by atoms with Crippen LogP contribution in [0.1, 0.15) is 32.1 Å². The molecule has 1 aliphatic heterocycles. The zero-order valence-corrected chi connectivity index (χ0v) is 20.8. The van der Waals surface area contributed by atoms with Crippen LogP contribution < -0.4 is 20.3 Å². The maximum Gasteiger partial charge on any atom is 0.573 e. The molecule has 5 rings (SSSR count). The zero-order valence-electron chi connectivity index (χ0n) is 20.8. The van der Waals surface area contributed by atoms with E-state index >= 15 is 0 Å². The smallest absolute Gasteiger partial charge is 0.406 e. The van der Waals surface area contributed by atoms with Crippen molar-refractivity contribution in [1.29, 1.82) is 0 Å². The number of hydrogen-bond acceptors (Lipinski definition) is 8. The minimum absolute atomic E-state index is 0.0148. The molecule has 0 aromatic carbocycles. The molecule has 2 N–H and O–H groups in total. The number of nitrogens with one attached hydrogen (secondary N) is 2. The first-order chi connectivity index (χ1) is 18.2. The fraction of sp³-hybridized carbons (Fsp3) is 0.423. The lowest BCUT2D eigenvalue weighted by Gasteiger charge is -2.37. The molecular weight excluding hydrogens is 499 g/mol. The number of carbonyl (C=O) groups excluding carboxylic acids is 1. The van der Waals surface area contributed by atoms with Gasteiger partial charge in [-0.2, -0.15) is 0 Å². The van der Waals surface area contributed by atoms with Crippen LogP contribution in [0.4, 0.5) is 30.6 Å². The summed E-state index contributed by atoms with van der Waals surface area (Å²) < 4.78 is 42.1. The van der Waals surface area contributed by atoms with Crippen LogP contribution >= 0.6 is 0 Å². The van der Waals surface area contributed by atoms with E-state index in [2.05, 4.69) is 35.2 Å². The molecule has 4 heterocycles. The van der Waals surface area contributed by atoms with E-state index < -0.39 is 6.36 Å². The van der Waals surface area contributed by atoms with Gasteiger partial charge in [-0.1, -0.05) is 6.42 Å².